The topological polar surface area (TPSA) is 66.4 Å². The molecule has 0 aromatic heterocycles. The van der Waals surface area contributed by atoms with Gasteiger partial charge in [-0.2, -0.15) is 0 Å². The summed E-state index contributed by atoms with van der Waals surface area (Å²) in [6.07, 6.45) is 0. The van der Waals surface area contributed by atoms with Gasteiger partial charge >= 0.3 is 5.97 Å². The summed E-state index contributed by atoms with van der Waals surface area (Å²) in [5.41, 5.74) is 0.688. The highest BCUT2D eigenvalue weighted by atomic mass is 16.4. The smallest absolute Gasteiger partial charge is 0.326 e. The molecule has 21 heavy (non-hydrogen) atoms. The molecule has 0 heterocycles. The van der Waals surface area contributed by atoms with E-state index in [9.17, 15) is 14.7 Å². The molecule has 4 nitrogen and oxygen atoms in total. The number of amides is 1. The minimum Gasteiger partial charge on any atom is -0.480 e. The van der Waals surface area contributed by atoms with Gasteiger partial charge in [0.05, 0.1) is 0 Å². The van der Waals surface area contributed by atoms with Crippen LogP contribution in [-0.2, 0) is 10.2 Å². The van der Waals surface area contributed by atoms with Crippen LogP contribution in [0.25, 0.3) is 0 Å². The molecule has 1 aromatic rings. The summed E-state index contributed by atoms with van der Waals surface area (Å²) < 4.78 is 0. The highest BCUT2D eigenvalue weighted by Crippen LogP contribution is 2.26. The van der Waals surface area contributed by atoms with Gasteiger partial charge in [-0.15, -0.1) is 0 Å². The van der Waals surface area contributed by atoms with Gasteiger partial charge in [0.2, 0.25) is 0 Å². The Morgan fingerprint density at radius 2 is 1.57 bits per heavy atom. The second kappa shape index (κ2) is 5.88. The van der Waals surface area contributed by atoms with Gasteiger partial charge in [-0.3, -0.25) is 4.79 Å². The first-order valence-corrected chi connectivity index (χ1v) is 7.08. The highest BCUT2D eigenvalue weighted by Gasteiger charge is 2.33. The number of hydrogen-bond acceptors (Lipinski definition) is 2. The largest absolute Gasteiger partial charge is 0.480 e. The second-order valence-electron chi connectivity index (χ2n) is 7.41. The van der Waals surface area contributed by atoms with Crippen molar-refractivity contribution in [3.05, 3.63) is 35.4 Å². The summed E-state index contributed by atoms with van der Waals surface area (Å²) in [5.74, 6) is -1.37. The monoisotopic (exact) mass is 291 g/mol. The quantitative estimate of drug-likeness (QED) is 0.898. The first kappa shape index (κ1) is 17.2. The van der Waals surface area contributed by atoms with Gasteiger partial charge in [0.25, 0.3) is 5.91 Å². The molecule has 1 amide bonds. The standard InChI is InChI=1S/C17H25NO3/c1-16(2,3)12-10-8-7-9-11(12)14(19)18-13(15(20)21)17(4,5)6/h7-10,13H,1-6H3,(H,18,19)(H,20,21)/t13-/m0/s1. The third-order valence-corrected chi connectivity index (χ3v) is 3.37. The summed E-state index contributed by atoms with van der Waals surface area (Å²) in [6.45, 7) is 11.5. The van der Waals surface area contributed by atoms with Crippen LogP contribution in [0.1, 0.15) is 57.5 Å². The van der Waals surface area contributed by atoms with E-state index in [1.54, 1.807) is 32.9 Å². The minimum atomic E-state index is -1.02. The molecule has 1 atom stereocenters. The number of carboxylic acid groups (broad SMARTS) is 1. The zero-order chi connectivity index (χ0) is 16.4. The van der Waals surface area contributed by atoms with Crippen LogP contribution < -0.4 is 5.32 Å². The number of hydrogen-bond donors (Lipinski definition) is 2. The number of nitrogens with one attached hydrogen (secondary N) is 1. The molecule has 1 rings (SSSR count). The van der Waals surface area contributed by atoms with Crippen molar-refractivity contribution in [2.75, 3.05) is 0 Å². The molecule has 0 fully saturated rings. The average Bonchev–Trinajstić information content (AvgIpc) is 2.32. The number of benzene rings is 1. The van der Waals surface area contributed by atoms with Crippen molar-refractivity contribution in [3.63, 3.8) is 0 Å². The number of aliphatic carboxylic acids is 1. The van der Waals surface area contributed by atoms with E-state index in [2.05, 4.69) is 5.32 Å². The fourth-order valence-corrected chi connectivity index (χ4v) is 2.19. The molecule has 1 aromatic carbocycles. The molecular formula is C17H25NO3. The lowest BCUT2D eigenvalue weighted by Gasteiger charge is -2.29. The first-order valence-electron chi connectivity index (χ1n) is 7.08. The summed E-state index contributed by atoms with van der Waals surface area (Å²) >= 11 is 0. The average molecular weight is 291 g/mol. The van der Waals surface area contributed by atoms with Gasteiger partial charge in [0, 0.05) is 5.56 Å². The Balaban J connectivity index is 3.13. The van der Waals surface area contributed by atoms with Crippen molar-refractivity contribution in [1.82, 2.24) is 5.32 Å². The zero-order valence-corrected chi connectivity index (χ0v) is 13.7. The summed E-state index contributed by atoms with van der Waals surface area (Å²) in [6, 6.07) is 6.38. The molecule has 0 aliphatic heterocycles. The molecule has 0 saturated carbocycles. The third kappa shape index (κ3) is 4.31. The van der Waals surface area contributed by atoms with Crippen LogP contribution in [0.5, 0.6) is 0 Å². The van der Waals surface area contributed by atoms with Crippen LogP contribution in [0.15, 0.2) is 24.3 Å². The number of rotatable bonds is 3. The van der Waals surface area contributed by atoms with E-state index in [4.69, 9.17) is 0 Å². The van der Waals surface area contributed by atoms with Crippen molar-refractivity contribution >= 4 is 11.9 Å². The molecule has 0 aliphatic rings. The number of carboxylic acids is 1. The van der Waals surface area contributed by atoms with E-state index in [0.717, 1.165) is 5.56 Å². The maximum atomic E-state index is 12.5. The zero-order valence-electron chi connectivity index (χ0n) is 13.7. The molecule has 0 unspecified atom stereocenters. The minimum absolute atomic E-state index is 0.186. The maximum Gasteiger partial charge on any atom is 0.326 e. The van der Waals surface area contributed by atoms with Crippen molar-refractivity contribution in [3.8, 4) is 0 Å². The summed E-state index contributed by atoms with van der Waals surface area (Å²) in [7, 11) is 0. The summed E-state index contributed by atoms with van der Waals surface area (Å²) in [5, 5.41) is 12.0. The fraction of sp³-hybridized carbons (Fsp3) is 0.529. The van der Waals surface area contributed by atoms with E-state index in [1.807, 2.05) is 32.9 Å². The van der Waals surface area contributed by atoms with E-state index in [-0.39, 0.29) is 11.3 Å². The molecule has 4 heteroatoms. The van der Waals surface area contributed by atoms with E-state index in [1.165, 1.54) is 0 Å². The lowest BCUT2D eigenvalue weighted by Crippen LogP contribution is -2.49. The molecule has 0 saturated heterocycles. The number of carbonyl (C=O) groups excluding carboxylic acids is 1. The highest BCUT2D eigenvalue weighted by molar-refractivity contribution is 5.98. The first-order chi connectivity index (χ1) is 9.44. The Kier molecular flexibility index (Phi) is 4.82. The Morgan fingerprint density at radius 1 is 1.05 bits per heavy atom. The predicted octanol–water partition coefficient (Wildman–Crippen LogP) is 3.21. The Morgan fingerprint density at radius 3 is 2.00 bits per heavy atom. The van der Waals surface area contributed by atoms with Crippen molar-refractivity contribution in [2.24, 2.45) is 5.41 Å². The van der Waals surface area contributed by atoms with Crippen molar-refractivity contribution in [1.29, 1.82) is 0 Å². The van der Waals surface area contributed by atoms with Gasteiger partial charge in [-0.1, -0.05) is 59.7 Å². The lowest BCUT2D eigenvalue weighted by atomic mass is 9.83. The molecule has 0 spiro atoms. The number of carbonyl (C=O) groups is 2. The normalized spacial score (nSPS) is 13.6. The molecule has 116 valence electrons. The van der Waals surface area contributed by atoms with Gasteiger partial charge in [0.15, 0.2) is 0 Å². The van der Waals surface area contributed by atoms with Crippen LogP contribution in [-0.4, -0.2) is 23.0 Å². The van der Waals surface area contributed by atoms with Gasteiger partial charge < -0.3 is 10.4 Å². The lowest BCUT2D eigenvalue weighted by molar-refractivity contribution is -0.142. The Hall–Kier alpha value is -1.84. The molecule has 0 aliphatic carbocycles. The fourth-order valence-electron chi connectivity index (χ4n) is 2.19. The van der Waals surface area contributed by atoms with E-state index < -0.39 is 17.4 Å². The maximum absolute atomic E-state index is 12.5. The van der Waals surface area contributed by atoms with Crippen LogP contribution >= 0.6 is 0 Å². The van der Waals surface area contributed by atoms with Crippen LogP contribution in [0.2, 0.25) is 0 Å². The van der Waals surface area contributed by atoms with Crippen LogP contribution in [0.4, 0.5) is 0 Å². The SMILES string of the molecule is CC(C)(C)c1ccccc1C(=O)N[C@@H](C(=O)O)C(C)(C)C. The Bertz CT molecular complexity index is 536. The Labute approximate surface area is 126 Å². The third-order valence-electron chi connectivity index (χ3n) is 3.37. The molecule has 0 radical (unpaired) electrons. The van der Waals surface area contributed by atoms with Crippen molar-refractivity contribution in [2.45, 2.75) is 53.0 Å². The molecule has 2 N–H and O–H groups in total. The van der Waals surface area contributed by atoms with Crippen molar-refractivity contribution < 1.29 is 14.7 Å². The van der Waals surface area contributed by atoms with Gasteiger partial charge in [-0.05, 0) is 22.5 Å². The second-order valence-corrected chi connectivity index (χ2v) is 7.41. The van der Waals surface area contributed by atoms with Crippen LogP contribution in [0, 0.1) is 5.41 Å². The molecular weight excluding hydrogens is 266 g/mol. The van der Waals surface area contributed by atoms with Gasteiger partial charge in [-0.25, -0.2) is 4.79 Å². The van der Waals surface area contributed by atoms with E-state index >= 15 is 0 Å². The van der Waals surface area contributed by atoms with E-state index in [0.29, 0.717) is 5.56 Å². The predicted molar refractivity (Wildman–Crippen MR) is 83.5 cm³/mol. The van der Waals surface area contributed by atoms with Gasteiger partial charge in [0.1, 0.15) is 6.04 Å². The van der Waals surface area contributed by atoms with Crippen LogP contribution in [0.3, 0.4) is 0 Å². The summed E-state index contributed by atoms with van der Waals surface area (Å²) in [4.78, 5) is 23.9. The molecule has 0 bridgehead atoms.